The molecule has 2 aromatic carbocycles. The summed E-state index contributed by atoms with van der Waals surface area (Å²) >= 11 is 0. The summed E-state index contributed by atoms with van der Waals surface area (Å²) in [7, 11) is 0. The third-order valence-corrected chi connectivity index (χ3v) is 4.16. The molecule has 0 radical (unpaired) electrons. The molecule has 1 heterocycles. The van der Waals surface area contributed by atoms with E-state index in [9.17, 15) is 4.79 Å². The summed E-state index contributed by atoms with van der Waals surface area (Å²) in [5.41, 5.74) is 4.12. The normalized spacial score (nSPS) is 11.0. The van der Waals surface area contributed by atoms with Crippen LogP contribution in [0, 0.1) is 13.8 Å². The molecule has 0 aliphatic heterocycles. The van der Waals surface area contributed by atoms with Crippen molar-refractivity contribution in [3.8, 4) is 11.4 Å². The number of carbonyl (C=O) groups is 1. The van der Waals surface area contributed by atoms with Gasteiger partial charge in [0.2, 0.25) is 0 Å². The van der Waals surface area contributed by atoms with Gasteiger partial charge in [-0.1, -0.05) is 36.4 Å². The van der Waals surface area contributed by atoms with Crippen LogP contribution >= 0.6 is 0 Å². The lowest BCUT2D eigenvalue weighted by Crippen LogP contribution is -2.01. The van der Waals surface area contributed by atoms with Gasteiger partial charge in [-0.2, -0.15) is 5.10 Å². The third kappa shape index (κ3) is 3.75. The van der Waals surface area contributed by atoms with Crippen LogP contribution in [0.15, 0.2) is 60.7 Å². The predicted molar refractivity (Wildman–Crippen MR) is 104 cm³/mol. The van der Waals surface area contributed by atoms with Gasteiger partial charge in [0.25, 0.3) is 0 Å². The molecular weight excluding hydrogens is 324 g/mol. The van der Waals surface area contributed by atoms with E-state index in [4.69, 9.17) is 4.74 Å². The van der Waals surface area contributed by atoms with Crippen LogP contribution in [-0.4, -0.2) is 22.2 Å². The first-order chi connectivity index (χ1) is 12.6. The predicted octanol–water partition coefficient (Wildman–Crippen LogP) is 4.78. The van der Waals surface area contributed by atoms with Crippen LogP contribution in [0.25, 0.3) is 11.8 Å². The smallest absolute Gasteiger partial charge is 0.189 e. The molecule has 0 unspecified atom stereocenters. The molecule has 0 aliphatic carbocycles. The van der Waals surface area contributed by atoms with Gasteiger partial charge in [-0.05, 0) is 56.7 Å². The second-order valence-electron chi connectivity index (χ2n) is 5.99. The van der Waals surface area contributed by atoms with Gasteiger partial charge < -0.3 is 4.74 Å². The summed E-state index contributed by atoms with van der Waals surface area (Å²) in [4.78, 5) is 12.7. The summed E-state index contributed by atoms with van der Waals surface area (Å²) < 4.78 is 7.24. The van der Waals surface area contributed by atoms with Gasteiger partial charge in [-0.25, -0.2) is 4.68 Å². The van der Waals surface area contributed by atoms with Crippen LogP contribution in [0.3, 0.4) is 0 Å². The van der Waals surface area contributed by atoms with Crippen LogP contribution in [-0.2, 0) is 0 Å². The molecule has 0 bridgehead atoms. The Morgan fingerprint density at radius 2 is 1.77 bits per heavy atom. The van der Waals surface area contributed by atoms with E-state index in [1.54, 1.807) is 6.08 Å². The lowest BCUT2D eigenvalue weighted by atomic mass is 10.1. The second-order valence-corrected chi connectivity index (χ2v) is 5.99. The number of aryl methyl sites for hydroxylation is 1. The van der Waals surface area contributed by atoms with Crippen LogP contribution < -0.4 is 4.74 Å². The minimum atomic E-state index is -0.0453. The minimum absolute atomic E-state index is 0.0453. The van der Waals surface area contributed by atoms with Crippen molar-refractivity contribution in [2.45, 2.75) is 20.8 Å². The number of benzene rings is 2. The number of ketones is 1. The molecule has 0 saturated carbocycles. The SMILES string of the molecule is CCOc1ccc(/C=C\C(=O)c2c(C)nn(-c3ccccc3)c2C)cc1. The topological polar surface area (TPSA) is 44.1 Å². The molecule has 4 nitrogen and oxygen atoms in total. The van der Waals surface area contributed by atoms with Crippen molar-refractivity contribution in [2.24, 2.45) is 0 Å². The maximum atomic E-state index is 12.7. The number of hydrogen-bond acceptors (Lipinski definition) is 3. The Bertz CT molecular complexity index is 923. The van der Waals surface area contributed by atoms with Crippen LogP contribution in [0.2, 0.25) is 0 Å². The van der Waals surface area contributed by atoms with Crippen molar-refractivity contribution in [3.63, 3.8) is 0 Å². The fraction of sp³-hybridized carbons (Fsp3) is 0.182. The van der Waals surface area contributed by atoms with E-state index in [1.807, 2.05) is 86.1 Å². The summed E-state index contributed by atoms with van der Waals surface area (Å²) in [6.07, 6.45) is 3.42. The molecular formula is C22H22N2O2. The molecule has 3 rings (SSSR count). The zero-order valence-electron chi connectivity index (χ0n) is 15.3. The molecule has 1 aromatic heterocycles. The Morgan fingerprint density at radius 1 is 1.08 bits per heavy atom. The zero-order chi connectivity index (χ0) is 18.5. The Labute approximate surface area is 153 Å². The van der Waals surface area contributed by atoms with Crippen LogP contribution in [0.4, 0.5) is 0 Å². The van der Waals surface area contributed by atoms with E-state index in [0.29, 0.717) is 12.2 Å². The van der Waals surface area contributed by atoms with Gasteiger partial charge in [-0.3, -0.25) is 4.79 Å². The van der Waals surface area contributed by atoms with Crippen molar-refractivity contribution in [1.29, 1.82) is 0 Å². The van der Waals surface area contributed by atoms with E-state index in [-0.39, 0.29) is 5.78 Å². The summed E-state index contributed by atoms with van der Waals surface area (Å²) in [5.74, 6) is 0.780. The third-order valence-electron chi connectivity index (χ3n) is 4.16. The fourth-order valence-corrected chi connectivity index (χ4v) is 2.92. The van der Waals surface area contributed by atoms with E-state index in [1.165, 1.54) is 0 Å². The molecule has 0 amide bonds. The van der Waals surface area contributed by atoms with Gasteiger partial charge in [-0.15, -0.1) is 0 Å². The highest BCUT2D eigenvalue weighted by atomic mass is 16.5. The Kier molecular flexibility index (Phi) is 5.32. The molecule has 0 aliphatic rings. The van der Waals surface area contributed by atoms with Crippen molar-refractivity contribution < 1.29 is 9.53 Å². The van der Waals surface area contributed by atoms with Crippen molar-refractivity contribution in [2.75, 3.05) is 6.61 Å². The zero-order valence-corrected chi connectivity index (χ0v) is 15.3. The number of para-hydroxylation sites is 1. The highest BCUT2D eigenvalue weighted by molar-refractivity contribution is 6.08. The van der Waals surface area contributed by atoms with Crippen LogP contribution in [0.5, 0.6) is 5.75 Å². The molecule has 0 atom stereocenters. The number of aromatic nitrogens is 2. The van der Waals surface area contributed by atoms with Gasteiger partial charge >= 0.3 is 0 Å². The quantitative estimate of drug-likeness (QED) is 0.476. The molecule has 132 valence electrons. The van der Waals surface area contributed by atoms with Crippen molar-refractivity contribution >= 4 is 11.9 Å². The molecule has 3 aromatic rings. The Morgan fingerprint density at radius 3 is 2.42 bits per heavy atom. The van der Waals surface area contributed by atoms with E-state index < -0.39 is 0 Å². The number of allylic oxidation sites excluding steroid dienone is 1. The molecule has 26 heavy (non-hydrogen) atoms. The molecule has 0 saturated heterocycles. The number of rotatable bonds is 6. The Hall–Kier alpha value is -3.14. The Balaban J connectivity index is 1.83. The fourth-order valence-electron chi connectivity index (χ4n) is 2.92. The van der Waals surface area contributed by atoms with E-state index in [0.717, 1.165) is 28.4 Å². The number of hydrogen-bond donors (Lipinski definition) is 0. The van der Waals surface area contributed by atoms with E-state index in [2.05, 4.69) is 5.10 Å². The molecule has 0 fully saturated rings. The average Bonchev–Trinajstić information content (AvgIpc) is 2.96. The van der Waals surface area contributed by atoms with Crippen LogP contribution in [0.1, 0.15) is 34.2 Å². The number of nitrogens with zero attached hydrogens (tertiary/aromatic N) is 2. The summed E-state index contributed by atoms with van der Waals surface area (Å²) in [6, 6.07) is 17.5. The molecule has 0 N–H and O–H groups in total. The van der Waals surface area contributed by atoms with Gasteiger partial charge in [0.1, 0.15) is 5.75 Å². The minimum Gasteiger partial charge on any atom is -0.494 e. The molecule has 4 heteroatoms. The first-order valence-electron chi connectivity index (χ1n) is 8.67. The number of ether oxygens (including phenoxy) is 1. The number of carbonyl (C=O) groups excluding carboxylic acids is 1. The van der Waals surface area contributed by atoms with Crippen molar-refractivity contribution in [3.05, 3.63) is 83.2 Å². The van der Waals surface area contributed by atoms with E-state index >= 15 is 0 Å². The standard InChI is InChI=1S/C22H22N2O2/c1-4-26-20-13-10-18(11-14-20)12-15-21(25)22-16(2)23-24(17(22)3)19-8-6-5-7-9-19/h5-15H,4H2,1-3H3/b15-12-. The highest BCUT2D eigenvalue weighted by Crippen LogP contribution is 2.19. The maximum absolute atomic E-state index is 12.7. The lowest BCUT2D eigenvalue weighted by Gasteiger charge is -2.04. The average molecular weight is 346 g/mol. The highest BCUT2D eigenvalue weighted by Gasteiger charge is 2.17. The maximum Gasteiger partial charge on any atom is 0.189 e. The van der Waals surface area contributed by atoms with Gasteiger partial charge in [0, 0.05) is 0 Å². The summed E-state index contributed by atoms with van der Waals surface area (Å²) in [5, 5.41) is 4.53. The monoisotopic (exact) mass is 346 g/mol. The largest absolute Gasteiger partial charge is 0.494 e. The second kappa shape index (κ2) is 7.83. The first kappa shape index (κ1) is 17.7. The first-order valence-corrected chi connectivity index (χ1v) is 8.67. The lowest BCUT2D eigenvalue weighted by molar-refractivity contribution is 0.104. The molecule has 0 spiro atoms. The summed E-state index contributed by atoms with van der Waals surface area (Å²) in [6.45, 7) is 6.37. The van der Waals surface area contributed by atoms with Gasteiger partial charge in [0.05, 0.1) is 29.2 Å². The van der Waals surface area contributed by atoms with Gasteiger partial charge in [0.15, 0.2) is 5.78 Å². The van der Waals surface area contributed by atoms with Crippen molar-refractivity contribution in [1.82, 2.24) is 9.78 Å².